The van der Waals surface area contributed by atoms with Gasteiger partial charge in [-0.1, -0.05) is 61.5 Å². The van der Waals surface area contributed by atoms with Crippen molar-refractivity contribution >= 4 is 11.9 Å². The molecule has 2 heterocycles. The van der Waals surface area contributed by atoms with Gasteiger partial charge in [0.2, 0.25) is 0 Å². The van der Waals surface area contributed by atoms with Crippen LogP contribution < -0.4 is 0 Å². The fraction of sp³-hybridized carbons (Fsp3) is 0.417. The highest BCUT2D eigenvalue weighted by Crippen LogP contribution is 2.40. The van der Waals surface area contributed by atoms with Crippen LogP contribution in [0.3, 0.4) is 0 Å². The summed E-state index contributed by atoms with van der Waals surface area (Å²) in [5, 5.41) is 0. The average molecular weight is 377 g/mol. The molecular formula is C24H27NO3. The number of fused-ring (bicyclic) bond motifs is 2. The predicted molar refractivity (Wildman–Crippen MR) is 108 cm³/mol. The van der Waals surface area contributed by atoms with Crippen molar-refractivity contribution in [1.82, 2.24) is 4.90 Å². The lowest BCUT2D eigenvalue weighted by atomic mass is 9.83. The molecule has 0 aliphatic carbocycles. The van der Waals surface area contributed by atoms with Gasteiger partial charge in [-0.05, 0) is 43.2 Å². The fourth-order valence-corrected chi connectivity index (χ4v) is 4.77. The number of carbonyl (C=O) groups excluding carboxylic acids is 2. The Labute approximate surface area is 166 Å². The predicted octanol–water partition coefficient (Wildman–Crippen LogP) is 5.01. The molecule has 4 nitrogen and oxygen atoms in total. The molecule has 2 aromatic carbocycles. The Bertz CT molecular complexity index is 834. The van der Waals surface area contributed by atoms with Gasteiger partial charge in [-0.3, -0.25) is 4.79 Å². The molecule has 0 spiro atoms. The molecule has 2 aromatic rings. The Balaban J connectivity index is 1.41. The summed E-state index contributed by atoms with van der Waals surface area (Å²) in [7, 11) is 0. The van der Waals surface area contributed by atoms with Gasteiger partial charge in [0, 0.05) is 23.6 Å². The highest BCUT2D eigenvalue weighted by Gasteiger charge is 2.46. The second kappa shape index (κ2) is 8.17. The number of nitrogens with zero attached hydrogens (tertiary/aromatic N) is 1. The van der Waals surface area contributed by atoms with Crippen molar-refractivity contribution in [2.24, 2.45) is 5.92 Å². The molecule has 2 atom stereocenters. The zero-order valence-electron chi connectivity index (χ0n) is 16.3. The molecule has 2 unspecified atom stereocenters. The van der Waals surface area contributed by atoms with Crippen molar-refractivity contribution in [3.63, 3.8) is 0 Å². The SMILES string of the molecule is CCc1ccccc1C(=O)C1CC2CCC(C1)N2C(=O)OCc1ccccc1. The molecule has 0 radical (unpaired) electrons. The Morgan fingerprint density at radius 1 is 0.964 bits per heavy atom. The molecule has 2 aliphatic rings. The van der Waals surface area contributed by atoms with E-state index in [1.165, 1.54) is 0 Å². The molecule has 28 heavy (non-hydrogen) atoms. The van der Waals surface area contributed by atoms with E-state index in [4.69, 9.17) is 4.74 Å². The summed E-state index contributed by atoms with van der Waals surface area (Å²) < 4.78 is 5.57. The van der Waals surface area contributed by atoms with Crippen LogP contribution >= 0.6 is 0 Å². The second-order valence-electron chi connectivity index (χ2n) is 7.88. The summed E-state index contributed by atoms with van der Waals surface area (Å²) in [6.07, 6.45) is 4.03. The van der Waals surface area contributed by atoms with Gasteiger partial charge in [0.25, 0.3) is 0 Å². The summed E-state index contributed by atoms with van der Waals surface area (Å²) in [5.41, 5.74) is 2.96. The van der Waals surface area contributed by atoms with Crippen LogP contribution in [0.4, 0.5) is 4.79 Å². The molecule has 146 valence electrons. The van der Waals surface area contributed by atoms with Crippen LogP contribution in [0.2, 0.25) is 0 Å². The number of piperidine rings is 1. The summed E-state index contributed by atoms with van der Waals surface area (Å²) in [6, 6.07) is 17.9. The number of ether oxygens (including phenoxy) is 1. The van der Waals surface area contributed by atoms with E-state index in [-0.39, 0.29) is 29.9 Å². The zero-order chi connectivity index (χ0) is 19.5. The zero-order valence-corrected chi connectivity index (χ0v) is 16.3. The lowest BCUT2D eigenvalue weighted by molar-refractivity contribution is 0.0485. The summed E-state index contributed by atoms with van der Waals surface area (Å²) in [5.74, 6) is 0.245. The molecule has 2 saturated heterocycles. The van der Waals surface area contributed by atoms with Gasteiger partial charge in [0.15, 0.2) is 5.78 Å². The maximum absolute atomic E-state index is 13.2. The number of Topliss-reactive ketones (excluding diaryl/α,β-unsaturated/α-hetero) is 1. The van der Waals surface area contributed by atoms with Gasteiger partial charge in [0.1, 0.15) is 6.61 Å². The van der Waals surface area contributed by atoms with E-state index in [2.05, 4.69) is 6.92 Å². The first-order chi connectivity index (χ1) is 13.7. The first kappa shape index (κ1) is 18.7. The lowest BCUT2D eigenvalue weighted by Crippen LogP contribution is -2.48. The number of rotatable bonds is 5. The minimum Gasteiger partial charge on any atom is -0.445 e. The highest BCUT2D eigenvalue weighted by molar-refractivity contribution is 5.99. The molecule has 2 fully saturated rings. The first-order valence-corrected chi connectivity index (χ1v) is 10.3. The number of hydrogen-bond acceptors (Lipinski definition) is 3. The molecule has 4 heteroatoms. The third-order valence-corrected chi connectivity index (χ3v) is 6.18. The van der Waals surface area contributed by atoms with Crippen molar-refractivity contribution in [2.75, 3.05) is 0 Å². The number of carbonyl (C=O) groups is 2. The average Bonchev–Trinajstić information content (AvgIpc) is 3.01. The minimum atomic E-state index is -0.240. The van der Waals surface area contributed by atoms with E-state index in [0.29, 0.717) is 6.61 Å². The number of amides is 1. The quantitative estimate of drug-likeness (QED) is 0.688. The van der Waals surface area contributed by atoms with Crippen LogP contribution in [-0.2, 0) is 17.8 Å². The van der Waals surface area contributed by atoms with Crippen molar-refractivity contribution in [3.8, 4) is 0 Å². The smallest absolute Gasteiger partial charge is 0.410 e. The monoisotopic (exact) mass is 377 g/mol. The maximum atomic E-state index is 13.2. The molecular weight excluding hydrogens is 350 g/mol. The van der Waals surface area contributed by atoms with Crippen LogP contribution in [0.25, 0.3) is 0 Å². The van der Waals surface area contributed by atoms with Crippen molar-refractivity contribution < 1.29 is 14.3 Å². The number of hydrogen-bond donors (Lipinski definition) is 0. The largest absolute Gasteiger partial charge is 0.445 e. The van der Waals surface area contributed by atoms with Gasteiger partial charge in [0.05, 0.1) is 0 Å². The van der Waals surface area contributed by atoms with Crippen LogP contribution in [0, 0.1) is 5.92 Å². The topological polar surface area (TPSA) is 46.6 Å². The summed E-state index contributed by atoms with van der Waals surface area (Å²) in [6.45, 7) is 2.38. The fourth-order valence-electron chi connectivity index (χ4n) is 4.77. The van der Waals surface area contributed by atoms with Crippen LogP contribution in [0.1, 0.15) is 54.1 Å². The van der Waals surface area contributed by atoms with E-state index >= 15 is 0 Å². The van der Waals surface area contributed by atoms with Crippen LogP contribution in [-0.4, -0.2) is 28.9 Å². The lowest BCUT2D eigenvalue weighted by Gasteiger charge is -2.37. The third kappa shape index (κ3) is 3.68. The van der Waals surface area contributed by atoms with Gasteiger partial charge >= 0.3 is 6.09 Å². The van der Waals surface area contributed by atoms with Crippen molar-refractivity contribution in [2.45, 2.75) is 57.7 Å². The molecule has 0 saturated carbocycles. The maximum Gasteiger partial charge on any atom is 0.410 e. The van der Waals surface area contributed by atoms with Crippen molar-refractivity contribution in [1.29, 1.82) is 0 Å². The summed E-state index contributed by atoms with van der Waals surface area (Å²) >= 11 is 0. The Hall–Kier alpha value is -2.62. The van der Waals surface area contributed by atoms with Crippen LogP contribution in [0.5, 0.6) is 0 Å². The van der Waals surface area contributed by atoms with E-state index in [1.807, 2.05) is 59.5 Å². The van der Waals surface area contributed by atoms with Gasteiger partial charge in [-0.25, -0.2) is 4.79 Å². The number of benzene rings is 2. The molecule has 0 N–H and O–H groups in total. The highest BCUT2D eigenvalue weighted by atomic mass is 16.6. The Morgan fingerprint density at radius 2 is 1.61 bits per heavy atom. The van der Waals surface area contributed by atoms with E-state index in [1.54, 1.807) is 0 Å². The van der Waals surface area contributed by atoms with Gasteiger partial charge in [-0.15, -0.1) is 0 Å². The normalized spacial score (nSPS) is 23.5. The van der Waals surface area contributed by atoms with E-state index in [9.17, 15) is 9.59 Å². The van der Waals surface area contributed by atoms with Gasteiger partial charge in [-0.2, -0.15) is 0 Å². The van der Waals surface area contributed by atoms with E-state index in [0.717, 1.165) is 48.8 Å². The number of aryl methyl sites for hydroxylation is 1. The van der Waals surface area contributed by atoms with Gasteiger partial charge < -0.3 is 9.64 Å². The summed E-state index contributed by atoms with van der Waals surface area (Å²) in [4.78, 5) is 27.8. The molecule has 2 aliphatic heterocycles. The second-order valence-corrected chi connectivity index (χ2v) is 7.88. The van der Waals surface area contributed by atoms with E-state index < -0.39 is 0 Å². The Kier molecular flexibility index (Phi) is 5.47. The molecule has 2 bridgehead atoms. The standard InChI is InChI=1S/C24H27NO3/c1-2-18-10-6-7-11-22(18)23(26)19-14-20-12-13-21(15-19)25(20)24(27)28-16-17-8-4-3-5-9-17/h3-11,19-21H,2,12-16H2,1H3. The Morgan fingerprint density at radius 3 is 2.29 bits per heavy atom. The third-order valence-electron chi connectivity index (χ3n) is 6.18. The van der Waals surface area contributed by atoms with Crippen molar-refractivity contribution in [3.05, 3.63) is 71.3 Å². The molecule has 4 rings (SSSR count). The first-order valence-electron chi connectivity index (χ1n) is 10.3. The molecule has 0 aromatic heterocycles. The number of ketones is 1. The minimum absolute atomic E-state index is 0.00312. The molecule has 1 amide bonds. The van der Waals surface area contributed by atoms with Crippen LogP contribution in [0.15, 0.2) is 54.6 Å².